The average molecular weight is 521 g/mol. The molecule has 1 aromatic carbocycles. The first-order chi connectivity index (χ1) is 16.3. The van der Waals surface area contributed by atoms with Gasteiger partial charge in [-0.2, -0.15) is 21.6 Å². The topological polar surface area (TPSA) is 52.6 Å². The van der Waals surface area contributed by atoms with E-state index in [1.807, 2.05) is 0 Å². The normalized spacial score (nSPS) is 18.1. The average Bonchev–Trinajstić information content (AvgIpc) is 2.75. The molecule has 202 valence electrons. The van der Waals surface area contributed by atoms with Crippen molar-refractivity contribution in [2.75, 3.05) is 0 Å². The molecule has 1 heterocycles. The van der Waals surface area contributed by atoms with Crippen LogP contribution in [0.15, 0.2) is 12.1 Å². The van der Waals surface area contributed by atoms with Gasteiger partial charge in [-0.05, 0) is 62.0 Å². The zero-order valence-corrected chi connectivity index (χ0v) is 22.7. The van der Waals surface area contributed by atoms with Gasteiger partial charge in [0.25, 0.3) is 0 Å². The van der Waals surface area contributed by atoms with Crippen LogP contribution in [0.2, 0.25) is 0 Å². The van der Waals surface area contributed by atoms with E-state index in [0.717, 1.165) is 49.5 Å². The highest BCUT2D eigenvalue weighted by atomic mass is 32.2. The Morgan fingerprint density at radius 1 is 0.971 bits per heavy atom. The molecule has 4 nitrogen and oxygen atoms in total. The molecule has 1 aliphatic rings. The van der Waals surface area contributed by atoms with Gasteiger partial charge in [0.15, 0.2) is 0 Å². The maximum atomic E-state index is 12.7. The molecule has 0 saturated heterocycles. The van der Waals surface area contributed by atoms with Gasteiger partial charge in [-0.15, -0.1) is 0 Å². The third kappa shape index (κ3) is 9.51. The summed E-state index contributed by atoms with van der Waals surface area (Å²) in [4.78, 5) is 0. The molecule has 0 N–H and O–H groups in total. The van der Waals surface area contributed by atoms with Crippen LogP contribution in [0.5, 0.6) is 11.5 Å². The molecule has 3 atom stereocenters. The van der Waals surface area contributed by atoms with E-state index in [0.29, 0.717) is 11.7 Å². The fraction of sp³-hybridized carbons (Fsp3) is 0.778. The molecule has 0 aromatic heterocycles. The van der Waals surface area contributed by atoms with E-state index in [-0.39, 0.29) is 17.4 Å². The summed E-state index contributed by atoms with van der Waals surface area (Å²) in [5.41, 5.74) is -4.32. The largest absolute Gasteiger partial charge is 0.534 e. The van der Waals surface area contributed by atoms with Gasteiger partial charge in [-0.3, -0.25) is 0 Å². The Labute approximate surface area is 210 Å². The van der Waals surface area contributed by atoms with E-state index in [1.165, 1.54) is 51.5 Å². The number of rotatable bonds is 14. The molecule has 0 bridgehead atoms. The van der Waals surface area contributed by atoms with Gasteiger partial charge >= 0.3 is 15.6 Å². The molecule has 1 aliphatic heterocycles. The molecule has 1 aromatic rings. The van der Waals surface area contributed by atoms with Gasteiger partial charge in [-0.25, -0.2) is 0 Å². The van der Waals surface area contributed by atoms with Gasteiger partial charge in [-0.1, -0.05) is 78.7 Å². The molecule has 8 heteroatoms. The fourth-order valence-electron chi connectivity index (χ4n) is 4.76. The lowest BCUT2D eigenvalue weighted by atomic mass is 9.91. The number of alkyl halides is 3. The van der Waals surface area contributed by atoms with E-state index in [4.69, 9.17) is 4.74 Å². The first-order valence-corrected chi connectivity index (χ1v) is 14.5. The first-order valence-electron chi connectivity index (χ1n) is 13.1. The summed E-state index contributed by atoms with van der Waals surface area (Å²) in [6.45, 7) is 10.8. The van der Waals surface area contributed by atoms with Crippen LogP contribution in [-0.4, -0.2) is 20.0 Å². The lowest BCUT2D eigenvalue weighted by molar-refractivity contribution is -0.0500. The number of fused-ring (bicyclic) bond motifs is 1. The summed E-state index contributed by atoms with van der Waals surface area (Å²) in [6, 6.07) is 2.86. The van der Waals surface area contributed by atoms with Crippen molar-refractivity contribution in [3.05, 3.63) is 23.3 Å². The SMILES string of the molecule is Cc1c(OS(=O)(=O)C(F)(F)F)ccc2c1OC(CCCC(C)CCCC(C)CCCC(C)C)CC2. The Bertz CT molecular complexity index is 896. The first kappa shape index (κ1) is 29.8. The number of benzene rings is 1. The Balaban J connectivity index is 1.77. The predicted octanol–water partition coefficient (Wildman–Crippen LogP) is 8.36. The lowest BCUT2D eigenvalue weighted by Crippen LogP contribution is -2.28. The molecule has 0 aliphatic carbocycles. The predicted molar refractivity (Wildman–Crippen MR) is 134 cm³/mol. The number of halogens is 3. The Morgan fingerprint density at radius 2 is 1.54 bits per heavy atom. The van der Waals surface area contributed by atoms with Gasteiger partial charge in [0.05, 0.1) is 6.10 Å². The maximum absolute atomic E-state index is 12.7. The van der Waals surface area contributed by atoms with Crippen molar-refractivity contribution in [3.8, 4) is 11.5 Å². The zero-order valence-electron chi connectivity index (χ0n) is 21.9. The standard InChI is InChI=1S/C27H43F3O4S/c1-19(2)9-6-10-20(3)11-7-12-21(4)13-8-14-24-17-15-23-16-18-25(22(5)26(23)33-24)34-35(31,32)27(28,29)30/h16,18-21,24H,6-15,17H2,1-5H3. The van der Waals surface area contributed by atoms with Crippen LogP contribution in [0, 0.1) is 24.7 Å². The number of aryl methyl sites for hydroxylation is 1. The van der Waals surface area contributed by atoms with Crippen molar-refractivity contribution in [1.82, 2.24) is 0 Å². The van der Waals surface area contributed by atoms with Crippen LogP contribution in [0.1, 0.15) is 103 Å². The minimum Gasteiger partial charge on any atom is -0.490 e. The fourth-order valence-corrected chi connectivity index (χ4v) is 5.28. The van der Waals surface area contributed by atoms with Crippen LogP contribution >= 0.6 is 0 Å². The summed E-state index contributed by atoms with van der Waals surface area (Å²) in [6.07, 6.45) is 12.3. The van der Waals surface area contributed by atoms with Gasteiger partial charge in [0.1, 0.15) is 11.5 Å². The molecule has 0 fully saturated rings. The summed E-state index contributed by atoms with van der Waals surface area (Å²) in [5, 5.41) is 0. The number of hydrogen-bond acceptors (Lipinski definition) is 4. The summed E-state index contributed by atoms with van der Waals surface area (Å²) in [7, 11) is -5.71. The molecule has 0 amide bonds. The van der Waals surface area contributed by atoms with Gasteiger partial charge < -0.3 is 8.92 Å². The Morgan fingerprint density at radius 3 is 2.11 bits per heavy atom. The van der Waals surface area contributed by atoms with Crippen molar-refractivity contribution >= 4 is 10.1 Å². The second-order valence-electron chi connectivity index (χ2n) is 10.8. The highest BCUT2D eigenvalue weighted by molar-refractivity contribution is 7.88. The molecular formula is C27H43F3O4S. The second-order valence-corrected chi connectivity index (χ2v) is 12.4. The van der Waals surface area contributed by atoms with Gasteiger partial charge in [0, 0.05) is 5.56 Å². The summed E-state index contributed by atoms with van der Waals surface area (Å²) < 4.78 is 71.4. The van der Waals surface area contributed by atoms with Crippen molar-refractivity contribution in [2.45, 2.75) is 117 Å². The van der Waals surface area contributed by atoms with E-state index in [2.05, 4.69) is 31.9 Å². The maximum Gasteiger partial charge on any atom is 0.534 e. The van der Waals surface area contributed by atoms with Crippen molar-refractivity contribution in [2.24, 2.45) is 17.8 Å². The van der Waals surface area contributed by atoms with Crippen LogP contribution < -0.4 is 8.92 Å². The molecule has 2 rings (SSSR count). The highest BCUT2D eigenvalue weighted by Crippen LogP contribution is 2.39. The van der Waals surface area contributed by atoms with E-state index >= 15 is 0 Å². The Hall–Kier alpha value is -1.44. The van der Waals surface area contributed by atoms with Crippen LogP contribution in [0.3, 0.4) is 0 Å². The minimum absolute atomic E-state index is 0.0242. The second kappa shape index (κ2) is 13.2. The highest BCUT2D eigenvalue weighted by Gasteiger charge is 2.48. The zero-order chi connectivity index (χ0) is 26.2. The van der Waals surface area contributed by atoms with Crippen LogP contribution in [0.25, 0.3) is 0 Å². The van der Waals surface area contributed by atoms with Crippen LogP contribution in [0.4, 0.5) is 13.2 Å². The monoisotopic (exact) mass is 520 g/mol. The molecule has 0 spiro atoms. The van der Waals surface area contributed by atoms with Crippen molar-refractivity contribution in [1.29, 1.82) is 0 Å². The van der Waals surface area contributed by atoms with E-state index < -0.39 is 15.6 Å². The third-order valence-corrected chi connectivity index (χ3v) is 8.00. The van der Waals surface area contributed by atoms with Crippen molar-refractivity contribution in [3.63, 3.8) is 0 Å². The molecule has 0 radical (unpaired) electrons. The minimum atomic E-state index is -5.71. The summed E-state index contributed by atoms with van der Waals surface area (Å²) >= 11 is 0. The van der Waals surface area contributed by atoms with E-state index in [1.54, 1.807) is 6.07 Å². The Kier molecular flexibility index (Phi) is 11.2. The molecule has 0 saturated carbocycles. The van der Waals surface area contributed by atoms with Gasteiger partial charge in [0.2, 0.25) is 0 Å². The van der Waals surface area contributed by atoms with E-state index in [9.17, 15) is 21.6 Å². The quantitative estimate of drug-likeness (QED) is 0.183. The number of ether oxygens (including phenoxy) is 1. The smallest absolute Gasteiger partial charge is 0.490 e. The molecule has 35 heavy (non-hydrogen) atoms. The molecular weight excluding hydrogens is 477 g/mol. The lowest BCUT2D eigenvalue weighted by Gasteiger charge is -2.28. The molecule has 3 unspecified atom stereocenters. The van der Waals surface area contributed by atoms with Crippen LogP contribution in [-0.2, 0) is 16.5 Å². The number of hydrogen-bond donors (Lipinski definition) is 0. The third-order valence-electron chi connectivity index (χ3n) is 7.04. The van der Waals surface area contributed by atoms with Crippen molar-refractivity contribution < 1.29 is 30.5 Å². The summed E-state index contributed by atoms with van der Waals surface area (Å²) in [5.74, 6) is 2.35.